The number of hydrogen-bond acceptors (Lipinski definition) is 6. The van der Waals surface area contributed by atoms with Crippen LogP contribution >= 0.6 is 0 Å². The Morgan fingerprint density at radius 1 is 0.867 bits per heavy atom. The van der Waals surface area contributed by atoms with Crippen LogP contribution in [0.15, 0.2) is 90.0 Å². The summed E-state index contributed by atoms with van der Waals surface area (Å²) in [6.07, 6.45) is 2.82. The second-order valence-electron chi connectivity index (χ2n) is 6.37. The van der Waals surface area contributed by atoms with Crippen molar-refractivity contribution in [2.45, 2.75) is 4.90 Å². The average Bonchev–Trinajstić information content (AvgIpc) is 3.23. The van der Waals surface area contributed by atoms with Gasteiger partial charge in [-0.3, -0.25) is 9.52 Å². The summed E-state index contributed by atoms with van der Waals surface area (Å²) in [5.74, 6) is 0.902. The van der Waals surface area contributed by atoms with Gasteiger partial charge in [0, 0.05) is 17.8 Å². The molecule has 0 radical (unpaired) electrons. The van der Waals surface area contributed by atoms with Crippen molar-refractivity contribution in [2.24, 2.45) is 0 Å². The van der Waals surface area contributed by atoms with Gasteiger partial charge in [-0.15, -0.1) is 0 Å². The Labute approximate surface area is 174 Å². The largest absolute Gasteiger partial charge is 0.454 e. The summed E-state index contributed by atoms with van der Waals surface area (Å²) in [5.41, 5.74) is 1.32. The predicted octanol–water partition coefficient (Wildman–Crippen LogP) is 4.02. The summed E-state index contributed by atoms with van der Waals surface area (Å²) in [6.45, 7) is 0.139. The second-order valence-corrected chi connectivity index (χ2v) is 8.06. The van der Waals surface area contributed by atoms with E-state index in [1.807, 2.05) is 0 Å². The molecule has 1 heterocycles. The van der Waals surface area contributed by atoms with Crippen LogP contribution in [0, 0.1) is 0 Å². The fraction of sp³-hybridized carbons (Fsp3) is 0.0455. The SMILES string of the molecule is O=C(/C=C\Nc1ccccc1NS(=O)(=O)c1ccccc1)c1ccc2c(c1)OCO2. The highest BCUT2D eigenvalue weighted by molar-refractivity contribution is 7.92. The number of hydrogen-bond donors (Lipinski definition) is 2. The van der Waals surface area contributed by atoms with E-state index in [-0.39, 0.29) is 17.5 Å². The number of benzene rings is 3. The lowest BCUT2D eigenvalue weighted by molar-refractivity contribution is 0.104. The maximum Gasteiger partial charge on any atom is 0.261 e. The Kier molecular flexibility index (Phi) is 5.40. The van der Waals surface area contributed by atoms with E-state index in [1.54, 1.807) is 60.7 Å². The summed E-state index contributed by atoms with van der Waals surface area (Å²) in [7, 11) is -3.73. The van der Waals surface area contributed by atoms with E-state index in [9.17, 15) is 13.2 Å². The first-order chi connectivity index (χ1) is 14.5. The van der Waals surface area contributed by atoms with Gasteiger partial charge in [-0.05, 0) is 42.5 Å². The van der Waals surface area contributed by atoms with Crippen LogP contribution in [0.3, 0.4) is 0 Å². The monoisotopic (exact) mass is 422 g/mol. The van der Waals surface area contributed by atoms with Crippen molar-refractivity contribution in [3.63, 3.8) is 0 Å². The third kappa shape index (κ3) is 4.28. The number of allylic oxidation sites excluding steroid dienone is 1. The second kappa shape index (κ2) is 8.30. The Morgan fingerprint density at radius 3 is 2.37 bits per heavy atom. The van der Waals surface area contributed by atoms with E-state index < -0.39 is 10.0 Å². The summed E-state index contributed by atoms with van der Waals surface area (Å²) in [4.78, 5) is 12.6. The van der Waals surface area contributed by atoms with Gasteiger partial charge >= 0.3 is 0 Å². The minimum atomic E-state index is -3.73. The smallest absolute Gasteiger partial charge is 0.261 e. The van der Waals surface area contributed by atoms with Crippen LogP contribution in [0.25, 0.3) is 0 Å². The zero-order valence-electron chi connectivity index (χ0n) is 15.7. The fourth-order valence-corrected chi connectivity index (χ4v) is 3.96. The predicted molar refractivity (Wildman–Crippen MR) is 113 cm³/mol. The number of ether oxygens (including phenoxy) is 2. The lowest BCUT2D eigenvalue weighted by Gasteiger charge is -2.12. The van der Waals surface area contributed by atoms with Crippen molar-refractivity contribution in [3.8, 4) is 11.5 Å². The van der Waals surface area contributed by atoms with Gasteiger partial charge in [0.1, 0.15) is 0 Å². The molecule has 1 aliphatic rings. The highest BCUT2D eigenvalue weighted by atomic mass is 32.2. The van der Waals surface area contributed by atoms with Crippen LogP contribution in [0.5, 0.6) is 11.5 Å². The molecule has 0 unspecified atom stereocenters. The maximum atomic E-state index is 12.6. The van der Waals surface area contributed by atoms with Crippen molar-refractivity contribution in [2.75, 3.05) is 16.8 Å². The minimum absolute atomic E-state index is 0.139. The molecule has 3 aromatic rings. The molecule has 0 bridgehead atoms. The molecule has 0 fully saturated rings. The van der Waals surface area contributed by atoms with Gasteiger partial charge in [-0.1, -0.05) is 30.3 Å². The first-order valence-electron chi connectivity index (χ1n) is 9.07. The van der Waals surface area contributed by atoms with Crippen molar-refractivity contribution in [1.29, 1.82) is 0 Å². The summed E-state index contributed by atoms with van der Waals surface area (Å²) >= 11 is 0. The van der Waals surface area contributed by atoms with Gasteiger partial charge in [0.15, 0.2) is 17.3 Å². The van der Waals surface area contributed by atoms with Crippen LogP contribution in [0.4, 0.5) is 11.4 Å². The van der Waals surface area contributed by atoms with Gasteiger partial charge in [0.25, 0.3) is 10.0 Å². The first kappa shape index (κ1) is 19.5. The third-order valence-electron chi connectivity index (χ3n) is 4.36. The van der Waals surface area contributed by atoms with Crippen LogP contribution in [-0.4, -0.2) is 21.0 Å². The third-order valence-corrected chi connectivity index (χ3v) is 5.74. The molecule has 0 spiro atoms. The molecule has 0 aliphatic carbocycles. The molecular formula is C22H18N2O5S. The standard InChI is InChI=1S/C22H18N2O5S/c25-20(16-10-11-21-22(14-16)29-15-28-21)12-13-23-18-8-4-5-9-19(18)24-30(26,27)17-6-2-1-3-7-17/h1-14,23-24H,15H2/b13-12-. The highest BCUT2D eigenvalue weighted by Gasteiger charge is 2.16. The normalized spacial score (nSPS) is 12.7. The van der Waals surface area contributed by atoms with Crippen molar-refractivity contribution < 1.29 is 22.7 Å². The van der Waals surface area contributed by atoms with E-state index in [0.717, 1.165) is 0 Å². The lowest BCUT2D eigenvalue weighted by Crippen LogP contribution is -2.13. The molecule has 0 aromatic heterocycles. The topological polar surface area (TPSA) is 93.7 Å². The quantitative estimate of drug-likeness (QED) is 0.441. The zero-order chi connectivity index (χ0) is 21.0. The number of ketones is 1. The number of anilines is 2. The number of sulfonamides is 1. The Morgan fingerprint density at radius 2 is 1.57 bits per heavy atom. The maximum absolute atomic E-state index is 12.6. The number of rotatable bonds is 7. The van der Waals surface area contributed by atoms with Crippen LogP contribution in [-0.2, 0) is 10.0 Å². The van der Waals surface area contributed by atoms with E-state index in [1.165, 1.54) is 24.4 Å². The number of carbonyl (C=O) groups excluding carboxylic acids is 1. The Bertz CT molecular complexity index is 1210. The van der Waals surface area contributed by atoms with Gasteiger partial charge in [0.2, 0.25) is 6.79 Å². The molecule has 0 saturated heterocycles. The average molecular weight is 422 g/mol. The van der Waals surface area contributed by atoms with Crippen LogP contribution in [0.1, 0.15) is 10.4 Å². The van der Waals surface area contributed by atoms with Crippen molar-refractivity contribution in [1.82, 2.24) is 0 Å². The fourth-order valence-electron chi connectivity index (χ4n) is 2.85. The van der Waals surface area contributed by atoms with Crippen LogP contribution in [0.2, 0.25) is 0 Å². The molecule has 0 amide bonds. The number of para-hydroxylation sites is 2. The molecule has 0 atom stereocenters. The Balaban J connectivity index is 1.47. The van der Waals surface area contributed by atoms with Gasteiger partial charge in [-0.25, -0.2) is 8.42 Å². The van der Waals surface area contributed by atoms with Gasteiger partial charge < -0.3 is 14.8 Å². The van der Waals surface area contributed by atoms with Crippen molar-refractivity contribution >= 4 is 27.2 Å². The molecule has 152 valence electrons. The zero-order valence-corrected chi connectivity index (χ0v) is 16.6. The molecule has 7 nitrogen and oxygen atoms in total. The number of fused-ring (bicyclic) bond motifs is 1. The van der Waals surface area contributed by atoms with Crippen LogP contribution < -0.4 is 19.5 Å². The van der Waals surface area contributed by atoms with Gasteiger partial charge in [-0.2, -0.15) is 0 Å². The van der Waals surface area contributed by atoms with Gasteiger partial charge in [0.05, 0.1) is 16.3 Å². The molecule has 8 heteroatoms. The number of carbonyl (C=O) groups is 1. The summed E-state index contributed by atoms with van der Waals surface area (Å²) < 4.78 is 38.2. The van der Waals surface area contributed by atoms with E-state index in [4.69, 9.17) is 9.47 Å². The minimum Gasteiger partial charge on any atom is -0.454 e. The lowest BCUT2D eigenvalue weighted by atomic mass is 10.1. The number of nitrogens with one attached hydrogen (secondary N) is 2. The molecular weight excluding hydrogens is 404 g/mol. The van der Waals surface area contributed by atoms with Crippen molar-refractivity contribution in [3.05, 3.63) is 90.6 Å². The molecule has 30 heavy (non-hydrogen) atoms. The van der Waals surface area contributed by atoms with E-state index >= 15 is 0 Å². The molecule has 0 saturated carbocycles. The first-order valence-corrected chi connectivity index (χ1v) is 10.6. The summed E-state index contributed by atoms with van der Waals surface area (Å²) in [6, 6.07) is 19.9. The molecule has 2 N–H and O–H groups in total. The van der Waals surface area contributed by atoms with E-state index in [2.05, 4.69) is 10.0 Å². The Hall–Kier alpha value is -3.78. The van der Waals surface area contributed by atoms with E-state index in [0.29, 0.717) is 28.4 Å². The molecule has 4 rings (SSSR count). The highest BCUT2D eigenvalue weighted by Crippen LogP contribution is 2.32. The summed E-state index contributed by atoms with van der Waals surface area (Å²) in [5, 5.41) is 2.96. The molecule has 1 aliphatic heterocycles. The molecule has 3 aromatic carbocycles.